The quantitative estimate of drug-likeness (QED) is 0.766. The van der Waals surface area contributed by atoms with Gasteiger partial charge >= 0.3 is 0 Å². The monoisotopic (exact) mass is 412 g/mol. The van der Waals surface area contributed by atoms with E-state index in [1.165, 1.54) is 44.9 Å². The fraction of sp³-hybridized carbons (Fsp3) is 0.792. The Morgan fingerprint density at radius 2 is 1.83 bits per heavy atom. The van der Waals surface area contributed by atoms with Crippen LogP contribution in [0.1, 0.15) is 81.6 Å². The highest BCUT2D eigenvalue weighted by Gasteiger charge is 2.36. The second-order valence-corrected chi connectivity index (χ2v) is 9.95. The Kier molecular flexibility index (Phi) is 5.94. The topological polar surface area (TPSA) is 58.4 Å². The van der Waals surface area contributed by atoms with Gasteiger partial charge in [0.2, 0.25) is 5.91 Å². The van der Waals surface area contributed by atoms with Gasteiger partial charge in [-0.3, -0.25) is 19.1 Å². The smallest absolute Gasteiger partial charge is 0.253 e. The van der Waals surface area contributed by atoms with Crippen LogP contribution in [0.5, 0.6) is 0 Å². The second kappa shape index (κ2) is 8.81. The van der Waals surface area contributed by atoms with E-state index in [0.29, 0.717) is 12.6 Å². The van der Waals surface area contributed by atoms with Gasteiger partial charge in [-0.1, -0.05) is 19.3 Å². The number of aromatic nitrogens is 2. The van der Waals surface area contributed by atoms with Gasteiger partial charge in [0.1, 0.15) is 5.82 Å². The third-order valence-electron chi connectivity index (χ3n) is 8.05. The van der Waals surface area contributed by atoms with Crippen LogP contribution in [0.15, 0.2) is 10.9 Å². The first kappa shape index (κ1) is 20.2. The van der Waals surface area contributed by atoms with Gasteiger partial charge in [0.15, 0.2) is 0 Å². The average molecular weight is 413 g/mol. The van der Waals surface area contributed by atoms with Gasteiger partial charge < -0.3 is 4.90 Å². The van der Waals surface area contributed by atoms with Crippen LogP contribution in [0.3, 0.4) is 0 Å². The Morgan fingerprint density at radius 3 is 2.77 bits per heavy atom. The lowest BCUT2D eigenvalue weighted by atomic mass is 9.78. The van der Waals surface area contributed by atoms with E-state index in [0.717, 1.165) is 69.3 Å². The molecule has 1 aromatic heterocycles. The lowest BCUT2D eigenvalue weighted by Gasteiger charge is -2.44. The zero-order valence-corrected chi connectivity index (χ0v) is 18.2. The van der Waals surface area contributed by atoms with E-state index in [1.807, 2.05) is 9.47 Å². The maximum absolute atomic E-state index is 13.1. The summed E-state index contributed by atoms with van der Waals surface area (Å²) in [6.07, 6.45) is 13.1. The molecule has 0 aromatic carbocycles. The molecule has 164 valence electrons. The Hall–Kier alpha value is -1.69. The number of carbonyl (C=O) groups is 1. The molecule has 6 heteroatoms. The van der Waals surface area contributed by atoms with Gasteiger partial charge in [-0.25, -0.2) is 4.98 Å². The summed E-state index contributed by atoms with van der Waals surface area (Å²) >= 11 is 0. The zero-order chi connectivity index (χ0) is 20.5. The molecule has 5 rings (SSSR count). The first-order valence-electron chi connectivity index (χ1n) is 12.3. The highest BCUT2D eigenvalue weighted by atomic mass is 16.2. The lowest BCUT2D eigenvalue weighted by Crippen LogP contribution is -2.50. The Bertz CT molecular complexity index is 833. The molecule has 3 fully saturated rings. The molecule has 0 spiro atoms. The Morgan fingerprint density at radius 1 is 0.967 bits per heavy atom. The maximum atomic E-state index is 13.1. The Balaban J connectivity index is 1.23. The lowest BCUT2D eigenvalue weighted by molar-refractivity contribution is -0.133. The predicted molar refractivity (Wildman–Crippen MR) is 117 cm³/mol. The molecule has 1 aromatic rings. The molecule has 2 saturated heterocycles. The Labute approximate surface area is 179 Å². The van der Waals surface area contributed by atoms with Crippen molar-refractivity contribution in [1.29, 1.82) is 0 Å². The normalized spacial score (nSPS) is 29.9. The molecule has 4 heterocycles. The minimum Gasteiger partial charge on any atom is -0.341 e. The first-order valence-corrected chi connectivity index (χ1v) is 12.3. The highest BCUT2D eigenvalue weighted by Crippen LogP contribution is 2.35. The molecular formula is C24H36N4O2. The van der Waals surface area contributed by atoms with E-state index in [9.17, 15) is 9.59 Å². The summed E-state index contributed by atoms with van der Waals surface area (Å²) in [5.74, 6) is 2.25. The zero-order valence-electron chi connectivity index (χ0n) is 18.2. The second-order valence-electron chi connectivity index (χ2n) is 9.95. The summed E-state index contributed by atoms with van der Waals surface area (Å²) in [5, 5.41) is 0. The molecule has 0 radical (unpaired) electrons. The summed E-state index contributed by atoms with van der Waals surface area (Å²) in [4.78, 5) is 35.2. The van der Waals surface area contributed by atoms with Crippen molar-refractivity contribution in [2.24, 2.45) is 5.92 Å². The van der Waals surface area contributed by atoms with Gasteiger partial charge in [-0.2, -0.15) is 0 Å². The van der Waals surface area contributed by atoms with Crippen molar-refractivity contribution < 1.29 is 4.79 Å². The van der Waals surface area contributed by atoms with Crippen molar-refractivity contribution in [3.05, 3.63) is 27.9 Å². The molecule has 6 nitrogen and oxygen atoms in total. The molecule has 1 saturated carbocycles. The van der Waals surface area contributed by atoms with E-state index >= 15 is 0 Å². The number of amides is 1. The SMILES string of the molecule is O=C(CN1CCC[C@@H]2CCCC[C@H]21)N1CC[C@H](c2cc(=O)n3c(n2)CCCCC3)C1. The number of rotatable bonds is 3. The van der Waals surface area contributed by atoms with Crippen LogP contribution < -0.4 is 5.56 Å². The van der Waals surface area contributed by atoms with Crippen LogP contribution in [0, 0.1) is 5.92 Å². The molecular weight excluding hydrogens is 376 g/mol. The minimum atomic E-state index is 0.0957. The standard InChI is InChI=1S/C24H36N4O2/c29-23-15-20(25-22-10-2-1-5-13-28(22)23)19-11-14-27(16-19)24(30)17-26-12-6-8-18-7-3-4-9-21(18)26/h15,18-19,21H,1-14,16-17H2/t18-,19-,21+/m0/s1. The van der Waals surface area contributed by atoms with Crippen molar-refractivity contribution in [1.82, 2.24) is 19.4 Å². The van der Waals surface area contributed by atoms with Crippen LogP contribution in [-0.2, 0) is 17.8 Å². The van der Waals surface area contributed by atoms with Crippen molar-refractivity contribution >= 4 is 5.91 Å². The van der Waals surface area contributed by atoms with Crippen LogP contribution >= 0.6 is 0 Å². The van der Waals surface area contributed by atoms with Gasteiger partial charge in [0, 0.05) is 44.1 Å². The van der Waals surface area contributed by atoms with E-state index in [2.05, 4.69) is 4.90 Å². The minimum absolute atomic E-state index is 0.0957. The molecule has 0 bridgehead atoms. The summed E-state index contributed by atoms with van der Waals surface area (Å²) in [5.41, 5.74) is 1.01. The molecule has 1 amide bonds. The number of hydrogen-bond acceptors (Lipinski definition) is 4. The fourth-order valence-corrected chi connectivity index (χ4v) is 6.37. The number of carbonyl (C=O) groups excluding carboxylic acids is 1. The average Bonchev–Trinajstić information content (AvgIpc) is 3.13. The molecule has 0 unspecified atom stereocenters. The van der Waals surface area contributed by atoms with Crippen molar-refractivity contribution in [2.75, 3.05) is 26.2 Å². The summed E-state index contributed by atoms with van der Waals surface area (Å²) in [7, 11) is 0. The molecule has 30 heavy (non-hydrogen) atoms. The number of hydrogen-bond donors (Lipinski definition) is 0. The number of aryl methyl sites for hydroxylation is 1. The highest BCUT2D eigenvalue weighted by molar-refractivity contribution is 5.78. The predicted octanol–water partition coefficient (Wildman–Crippen LogP) is 2.94. The van der Waals surface area contributed by atoms with Crippen molar-refractivity contribution in [3.63, 3.8) is 0 Å². The first-order chi connectivity index (χ1) is 14.7. The molecule has 0 N–H and O–H groups in total. The maximum Gasteiger partial charge on any atom is 0.253 e. The summed E-state index contributed by atoms with van der Waals surface area (Å²) in [6, 6.07) is 2.37. The van der Waals surface area contributed by atoms with E-state index in [-0.39, 0.29) is 17.4 Å². The van der Waals surface area contributed by atoms with Crippen molar-refractivity contribution in [2.45, 2.75) is 89.1 Å². The van der Waals surface area contributed by atoms with Crippen LogP contribution in [0.25, 0.3) is 0 Å². The van der Waals surface area contributed by atoms with E-state index < -0.39 is 0 Å². The van der Waals surface area contributed by atoms with Gasteiger partial charge in [0.05, 0.1) is 12.2 Å². The molecule has 1 aliphatic carbocycles. The van der Waals surface area contributed by atoms with Gasteiger partial charge in [-0.05, 0) is 57.4 Å². The molecule has 4 aliphatic rings. The third kappa shape index (κ3) is 4.08. The molecule has 3 aliphatic heterocycles. The van der Waals surface area contributed by atoms with Gasteiger partial charge in [-0.15, -0.1) is 0 Å². The number of fused-ring (bicyclic) bond motifs is 2. The van der Waals surface area contributed by atoms with Crippen LogP contribution in [-0.4, -0.2) is 57.5 Å². The number of likely N-dealkylation sites (tertiary alicyclic amines) is 2. The third-order valence-corrected chi connectivity index (χ3v) is 8.05. The van der Waals surface area contributed by atoms with Crippen molar-refractivity contribution in [3.8, 4) is 0 Å². The number of nitrogens with zero attached hydrogens (tertiary/aromatic N) is 4. The van der Waals surface area contributed by atoms with Crippen LogP contribution in [0.2, 0.25) is 0 Å². The summed E-state index contributed by atoms with van der Waals surface area (Å²) < 4.78 is 1.87. The largest absolute Gasteiger partial charge is 0.341 e. The van der Waals surface area contributed by atoms with E-state index in [4.69, 9.17) is 4.98 Å². The van der Waals surface area contributed by atoms with Crippen LogP contribution in [0.4, 0.5) is 0 Å². The summed E-state index contributed by atoms with van der Waals surface area (Å²) in [6.45, 7) is 3.97. The van der Waals surface area contributed by atoms with Gasteiger partial charge in [0.25, 0.3) is 5.56 Å². The molecule has 3 atom stereocenters. The fourth-order valence-electron chi connectivity index (χ4n) is 6.37. The van der Waals surface area contributed by atoms with E-state index in [1.54, 1.807) is 6.07 Å². The number of piperidine rings is 1.